The Morgan fingerprint density at radius 3 is 2.52 bits per heavy atom. The van der Waals surface area contributed by atoms with Gasteiger partial charge < -0.3 is 14.8 Å². The van der Waals surface area contributed by atoms with Gasteiger partial charge in [-0.2, -0.15) is 13.2 Å². The van der Waals surface area contributed by atoms with Crippen molar-refractivity contribution in [3.8, 4) is 0 Å². The molecule has 1 atom stereocenters. The number of halogens is 3. The van der Waals surface area contributed by atoms with Crippen LogP contribution in [-0.2, 0) is 22.1 Å². The summed E-state index contributed by atoms with van der Waals surface area (Å²) in [5.74, 6) is 1.03. The maximum atomic E-state index is 13.3. The van der Waals surface area contributed by atoms with Gasteiger partial charge in [-0.15, -0.1) is 0 Å². The first-order valence-corrected chi connectivity index (χ1v) is 9.09. The molecule has 0 spiro atoms. The average Bonchev–Trinajstić information content (AvgIpc) is 3.15. The molecule has 1 aliphatic heterocycles. The summed E-state index contributed by atoms with van der Waals surface area (Å²) in [6.45, 7) is 8.81. The van der Waals surface area contributed by atoms with Crippen molar-refractivity contribution in [1.29, 1.82) is 0 Å². The predicted octanol–water partition coefficient (Wildman–Crippen LogP) is 5.31. The number of rotatable bonds is 6. The number of aryl methyl sites for hydroxylation is 1. The van der Waals surface area contributed by atoms with Gasteiger partial charge in [-0.1, -0.05) is 18.7 Å². The van der Waals surface area contributed by atoms with Crippen LogP contribution in [0.15, 0.2) is 37.3 Å². The minimum absolute atomic E-state index is 0.183. The molecular formula is C21H22F3N3O2. The fourth-order valence-corrected chi connectivity index (χ4v) is 3.35. The summed E-state index contributed by atoms with van der Waals surface area (Å²) in [6.07, 6.45) is -0.0601. The molecule has 0 saturated carbocycles. The zero-order valence-corrected chi connectivity index (χ0v) is 16.4. The van der Waals surface area contributed by atoms with E-state index in [1.54, 1.807) is 26.0 Å². The molecule has 154 valence electrons. The second kappa shape index (κ2) is 8.14. The lowest BCUT2D eigenvalue weighted by Gasteiger charge is -2.23. The van der Waals surface area contributed by atoms with Crippen LogP contribution in [0, 0.1) is 13.8 Å². The number of aromatic nitrogens is 2. The Morgan fingerprint density at radius 1 is 1.21 bits per heavy atom. The van der Waals surface area contributed by atoms with E-state index < -0.39 is 24.1 Å². The lowest BCUT2D eigenvalue weighted by molar-refractivity contribution is -0.138. The van der Waals surface area contributed by atoms with Crippen LogP contribution in [0.1, 0.15) is 46.7 Å². The molecule has 2 aromatic rings. The van der Waals surface area contributed by atoms with Crippen molar-refractivity contribution in [3.63, 3.8) is 0 Å². The Hall–Kier alpha value is -3.03. The molecule has 1 aromatic heterocycles. The maximum absolute atomic E-state index is 13.3. The zero-order valence-electron chi connectivity index (χ0n) is 16.4. The van der Waals surface area contributed by atoms with E-state index in [0.29, 0.717) is 29.3 Å². The van der Waals surface area contributed by atoms with E-state index in [1.165, 1.54) is 25.5 Å². The number of alkyl halides is 3. The molecule has 0 radical (unpaired) electrons. The van der Waals surface area contributed by atoms with Gasteiger partial charge >= 0.3 is 6.18 Å². The van der Waals surface area contributed by atoms with Gasteiger partial charge in [0.05, 0.1) is 23.7 Å². The molecule has 0 saturated heterocycles. The number of ether oxygens (including phenoxy) is 2. The number of anilines is 1. The normalized spacial score (nSPS) is 15.0. The van der Waals surface area contributed by atoms with E-state index in [9.17, 15) is 13.2 Å². The van der Waals surface area contributed by atoms with Crippen LogP contribution < -0.4 is 5.32 Å². The predicted molar refractivity (Wildman–Crippen MR) is 104 cm³/mol. The number of hydrogen-bond acceptors (Lipinski definition) is 5. The number of nitrogens with one attached hydrogen (secondary N) is 1. The van der Waals surface area contributed by atoms with E-state index >= 15 is 0 Å². The van der Waals surface area contributed by atoms with Crippen LogP contribution in [0.5, 0.6) is 0 Å². The molecule has 1 N–H and O–H groups in total. The molecule has 0 aliphatic carbocycles. The van der Waals surface area contributed by atoms with E-state index in [1.807, 2.05) is 0 Å². The molecule has 3 rings (SSSR count). The second-order valence-electron chi connectivity index (χ2n) is 6.75. The first kappa shape index (κ1) is 20.7. The maximum Gasteiger partial charge on any atom is 0.416 e. The summed E-state index contributed by atoms with van der Waals surface area (Å²) < 4.78 is 50.5. The van der Waals surface area contributed by atoms with Crippen LogP contribution >= 0.6 is 0 Å². The molecule has 1 aromatic carbocycles. The van der Waals surface area contributed by atoms with Gasteiger partial charge in [-0.3, -0.25) is 0 Å². The molecule has 5 nitrogen and oxygen atoms in total. The molecular weight excluding hydrogens is 383 g/mol. The van der Waals surface area contributed by atoms with E-state index in [0.717, 1.165) is 11.6 Å². The summed E-state index contributed by atoms with van der Waals surface area (Å²) in [5.41, 5.74) is 1.41. The monoisotopic (exact) mass is 405 g/mol. The van der Waals surface area contributed by atoms with Crippen LogP contribution in [0.3, 0.4) is 0 Å². The van der Waals surface area contributed by atoms with Crippen LogP contribution in [-0.4, -0.2) is 16.3 Å². The second-order valence-corrected chi connectivity index (χ2v) is 6.75. The standard InChI is InChI=1S/C21H22F3N3O2/c1-5-18-16(11-19-28-9-10-29-19)20(27-14(4)26-18)25-13(3)15-7-6-8-17(12(15)2)21(22,23)24/h5-10,13,19H,1,11H2,2-4H3,(H,25,26,27)/t13-/m1/s1. The third kappa shape index (κ3) is 4.52. The van der Waals surface area contributed by atoms with Gasteiger partial charge in [0.2, 0.25) is 6.29 Å². The smallest absolute Gasteiger partial charge is 0.416 e. The number of nitrogens with zero attached hydrogens (tertiary/aromatic N) is 2. The fourth-order valence-electron chi connectivity index (χ4n) is 3.35. The highest BCUT2D eigenvalue weighted by atomic mass is 19.4. The van der Waals surface area contributed by atoms with Gasteiger partial charge in [-0.25, -0.2) is 9.97 Å². The Kier molecular flexibility index (Phi) is 5.81. The minimum Gasteiger partial charge on any atom is -0.459 e. The van der Waals surface area contributed by atoms with Gasteiger partial charge in [0.25, 0.3) is 0 Å². The van der Waals surface area contributed by atoms with E-state index in [2.05, 4.69) is 21.9 Å². The molecule has 1 aliphatic rings. The largest absolute Gasteiger partial charge is 0.459 e. The number of hydrogen-bond donors (Lipinski definition) is 1. The summed E-state index contributed by atoms with van der Waals surface area (Å²) in [6, 6.07) is 3.75. The first-order chi connectivity index (χ1) is 13.7. The quantitative estimate of drug-likeness (QED) is 0.705. The van der Waals surface area contributed by atoms with Crippen molar-refractivity contribution in [2.24, 2.45) is 0 Å². The molecule has 0 bridgehead atoms. The Bertz CT molecular complexity index is 933. The first-order valence-electron chi connectivity index (χ1n) is 9.09. The van der Waals surface area contributed by atoms with Crippen LogP contribution in [0.4, 0.5) is 19.0 Å². The summed E-state index contributed by atoms with van der Waals surface area (Å²) in [7, 11) is 0. The molecule has 8 heteroatoms. The average molecular weight is 405 g/mol. The SMILES string of the molecule is C=Cc1nc(C)nc(N[C@H](C)c2cccc(C(F)(F)F)c2C)c1CC1OC=CO1. The van der Waals surface area contributed by atoms with Gasteiger partial charge in [0.15, 0.2) is 0 Å². The van der Waals surface area contributed by atoms with Crippen LogP contribution in [0.2, 0.25) is 0 Å². The Labute approximate surface area is 167 Å². The van der Waals surface area contributed by atoms with Crippen molar-refractivity contribution in [2.45, 2.75) is 45.7 Å². The molecule has 2 heterocycles. The summed E-state index contributed by atoms with van der Waals surface area (Å²) in [4.78, 5) is 8.86. The molecule has 0 amide bonds. The zero-order chi connectivity index (χ0) is 21.2. The van der Waals surface area contributed by atoms with Crippen molar-refractivity contribution in [3.05, 3.63) is 71.1 Å². The number of benzene rings is 1. The third-order valence-electron chi connectivity index (χ3n) is 4.73. The van der Waals surface area contributed by atoms with Gasteiger partial charge in [0.1, 0.15) is 24.2 Å². The third-order valence-corrected chi connectivity index (χ3v) is 4.73. The van der Waals surface area contributed by atoms with Crippen LogP contribution in [0.25, 0.3) is 6.08 Å². The Morgan fingerprint density at radius 2 is 1.90 bits per heavy atom. The van der Waals surface area contributed by atoms with E-state index in [4.69, 9.17) is 9.47 Å². The lowest BCUT2D eigenvalue weighted by Crippen LogP contribution is -2.19. The molecule has 0 unspecified atom stereocenters. The van der Waals surface area contributed by atoms with Crippen molar-refractivity contribution in [1.82, 2.24) is 9.97 Å². The Balaban J connectivity index is 1.95. The molecule has 0 fully saturated rings. The van der Waals surface area contributed by atoms with Gasteiger partial charge in [-0.05, 0) is 44.0 Å². The van der Waals surface area contributed by atoms with Gasteiger partial charge in [0, 0.05) is 5.56 Å². The molecule has 29 heavy (non-hydrogen) atoms. The topological polar surface area (TPSA) is 56.3 Å². The highest BCUT2D eigenvalue weighted by Gasteiger charge is 2.33. The highest BCUT2D eigenvalue weighted by Crippen LogP contribution is 2.35. The minimum atomic E-state index is -4.41. The highest BCUT2D eigenvalue weighted by molar-refractivity contribution is 5.58. The summed E-state index contributed by atoms with van der Waals surface area (Å²) in [5, 5.41) is 3.24. The van der Waals surface area contributed by atoms with Crippen molar-refractivity contribution in [2.75, 3.05) is 5.32 Å². The van der Waals surface area contributed by atoms with Crippen molar-refractivity contribution < 1.29 is 22.6 Å². The lowest BCUT2D eigenvalue weighted by atomic mass is 9.97. The fraction of sp³-hybridized carbons (Fsp3) is 0.333. The summed E-state index contributed by atoms with van der Waals surface area (Å²) >= 11 is 0. The van der Waals surface area contributed by atoms with Crippen molar-refractivity contribution >= 4 is 11.9 Å². The van der Waals surface area contributed by atoms with E-state index in [-0.39, 0.29) is 5.56 Å².